The second kappa shape index (κ2) is 2.49. The Labute approximate surface area is 54.0 Å². The Morgan fingerprint density at radius 1 is 1.38 bits per heavy atom. The standard InChI is InChI=1S/C7H17N.H2/c1-6(8-5)7(2,3)4;/h6,8H,1-5H3;1H/t6-;/m1./s1. The summed E-state index contributed by atoms with van der Waals surface area (Å²) in [4.78, 5) is 0. The first kappa shape index (κ1) is 7.96. The van der Waals surface area contributed by atoms with E-state index in [0.717, 1.165) is 0 Å². The summed E-state index contributed by atoms with van der Waals surface area (Å²) in [5.41, 5.74) is 0.398. The molecule has 0 bridgehead atoms. The third-order valence-electron chi connectivity index (χ3n) is 1.73. The number of hydrogen-bond acceptors (Lipinski definition) is 1. The van der Waals surface area contributed by atoms with Gasteiger partial charge in [0.2, 0.25) is 0 Å². The zero-order valence-corrected chi connectivity index (χ0v) is 6.58. The zero-order valence-electron chi connectivity index (χ0n) is 6.58. The van der Waals surface area contributed by atoms with E-state index in [9.17, 15) is 0 Å². The Kier molecular flexibility index (Phi) is 2.48. The lowest BCUT2D eigenvalue weighted by Crippen LogP contribution is -2.34. The Morgan fingerprint density at radius 2 is 1.75 bits per heavy atom. The monoisotopic (exact) mass is 117 g/mol. The molecule has 0 rings (SSSR count). The maximum absolute atomic E-state index is 3.20. The predicted molar refractivity (Wildman–Crippen MR) is 40.1 cm³/mol. The van der Waals surface area contributed by atoms with Crippen LogP contribution >= 0.6 is 0 Å². The van der Waals surface area contributed by atoms with Crippen LogP contribution in [0.2, 0.25) is 0 Å². The molecular formula is C7H19N. The molecule has 0 aliphatic carbocycles. The van der Waals surface area contributed by atoms with Crippen LogP contribution in [0.3, 0.4) is 0 Å². The minimum Gasteiger partial charge on any atom is -0.317 e. The predicted octanol–water partition coefficient (Wildman–Crippen LogP) is 1.89. The van der Waals surface area contributed by atoms with E-state index < -0.39 is 0 Å². The van der Waals surface area contributed by atoms with Crippen molar-refractivity contribution < 1.29 is 1.43 Å². The van der Waals surface area contributed by atoms with Gasteiger partial charge in [0, 0.05) is 7.47 Å². The first-order valence-corrected chi connectivity index (χ1v) is 3.15. The van der Waals surface area contributed by atoms with Gasteiger partial charge >= 0.3 is 0 Å². The van der Waals surface area contributed by atoms with Crippen molar-refractivity contribution >= 4 is 0 Å². The molecule has 0 aromatic rings. The highest BCUT2D eigenvalue weighted by molar-refractivity contribution is 4.73. The molecule has 1 heteroatoms. The fourth-order valence-electron chi connectivity index (χ4n) is 0.433. The van der Waals surface area contributed by atoms with E-state index >= 15 is 0 Å². The second-order valence-electron chi connectivity index (χ2n) is 3.38. The number of rotatable bonds is 1. The first-order chi connectivity index (χ1) is 3.48. The molecule has 0 aliphatic heterocycles. The summed E-state index contributed by atoms with van der Waals surface area (Å²) in [5.74, 6) is 0. The van der Waals surface area contributed by atoms with Gasteiger partial charge in [-0.1, -0.05) is 20.8 Å². The molecule has 0 fully saturated rings. The summed E-state index contributed by atoms with van der Waals surface area (Å²) in [7, 11) is 2.00. The molecule has 0 aromatic carbocycles. The molecule has 0 radical (unpaired) electrons. The average molecular weight is 117 g/mol. The molecule has 0 aliphatic rings. The van der Waals surface area contributed by atoms with Gasteiger partial charge in [0.15, 0.2) is 0 Å². The normalized spacial score (nSPS) is 16.1. The molecule has 0 spiro atoms. The third kappa shape index (κ3) is 2.31. The molecule has 0 unspecified atom stereocenters. The van der Waals surface area contributed by atoms with Crippen molar-refractivity contribution in [3.05, 3.63) is 0 Å². The molecule has 52 valence electrons. The zero-order chi connectivity index (χ0) is 6.78. The lowest BCUT2D eigenvalue weighted by molar-refractivity contribution is 0.301. The van der Waals surface area contributed by atoms with Crippen molar-refractivity contribution in [1.29, 1.82) is 0 Å². The molecule has 1 N–H and O–H groups in total. The van der Waals surface area contributed by atoms with Gasteiger partial charge in [-0.3, -0.25) is 0 Å². The van der Waals surface area contributed by atoms with Crippen molar-refractivity contribution in [3.8, 4) is 0 Å². The maximum Gasteiger partial charge on any atom is 0.00842 e. The topological polar surface area (TPSA) is 12.0 Å². The van der Waals surface area contributed by atoms with Gasteiger partial charge < -0.3 is 5.32 Å². The van der Waals surface area contributed by atoms with Crippen molar-refractivity contribution in [3.63, 3.8) is 0 Å². The van der Waals surface area contributed by atoms with Crippen LogP contribution in [-0.2, 0) is 0 Å². The van der Waals surface area contributed by atoms with Gasteiger partial charge in [0.1, 0.15) is 0 Å². The highest BCUT2D eigenvalue weighted by Gasteiger charge is 2.16. The minimum absolute atomic E-state index is 0. The summed E-state index contributed by atoms with van der Waals surface area (Å²) in [6.07, 6.45) is 0. The SMILES string of the molecule is CN[C@H](C)C(C)(C)C.[HH]. The van der Waals surface area contributed by atoms with Gasteiger partial charge in [0.05, 0.1) is 0 Å². The van der Waals surface area contributed by atoms with Crippen LogP contribution in [-0.4, -0.2) is 13.1 Å². The fourth-order valence-corrected chi connectivity index (χ4v) is 0.433. The fraction of sp³-hybridized carbons (Fsp3) is 1.00. The molecule has 0 amide bonds. The lowest BCUT2D eigenvalue weighted by atomic mass is 9.88. The Hall–Kier alpha value is -0.0400. The summed E-state index contributed by atoms with van der Waals surface area (Å²) in [6, 6.07) is 0.600. The smallest absolute Gasteiger partial charge is 0.00842 e. The van der Waals surface area contributed by atoms with E-state index in [1.807, 2.05) is 7.05 Å². The molecule has 0 aromatic heterocycles. The number of nitrogens with one attached hydrogen (secondary N) is 1. The van der Waals surface area contributed by atoms with Crippen LogP contribution in [0.4, 0.5) is 0 Å². The Morgan fingerprint density at radius 3 is 1.75 bits per heavy atom. The maximum atomic E-state index is 3.20. The van der Waals surface area contributed by atoms with E-state index in [0.29, 0.717) is 11.5 Å². The van der Waals surface area contributed by atoms with Gasteiger partial charge in [-0.15, -0.1) is 0 Å². The van der Waals surface area contributed by atoms with E-state index in [1.165, 1.54) is 0 Å². The summed E-state index contributed by atoms with van der Waals surface area (Å²) in [6.45, 7) is 8.89. The van der Waals surface area contributed by atoms with Crippen LogP contribution in [0.25, 0.3) is 0 Å². The lowest BCUT2D eigenvalue weighted by Gasteiger charge is -2.26. The van der Waals surface area contributed by atoms with Gasteiger partial charge in [0.25, 0.3) is 0 Å². The summed E-state index contributed by atoms with van der Waals surface area (Å²) >= 11 is 0. The Balaban J connectivity index is 0. The van der Waals surface area contributed by atoms with Crippen LogP contribution in [0, 0.1) is 5.41 Å². The molecule has 0 saturated carbocycles. The van der Waals surface area contributed by atoms with E-state index in [2.05, 4.69) is 33.0 Å². The average Bonchev–Trinajstić information content (AvgIpc) is 1.62. The summed E-state index contributed by atoms with van der Waals surface area (Å²) < 4.78 is 0. The highest BCUT2D eigenvalue weighted by Crippen LogP contribution is 2.17. The van der Waals surface area contributed by atoms with Gasteiger partial charge in [-0.2, -0.15) is 0 Å². The summed E-state index contributed by atoms with van der Waals surface area (Å²) in [5, 5.41) is 3.20. The van der Waals surface area contributed by atoms with Crippen LogP contribution in [0.1, 0.15) is 29.1 Å². The van der Waals surface area contributed by atoms with Crippen LogP contribution < -0.4 is 5.32 Å². The van der Waals surface area contributed by atoms with Crippen molar-refractivity contribution in [1.82, 2.24) is 5.32 Å². The van der Waals surface area contributed by atoms with Crippen LogP contribution in [0.5, 0.6) is 0 Å². The van der Waals surface area contributed by atoms with E-state index in [4.69, 9.17) is 0 Å². The van der Waals surface area contributed by atoms with E-state index in [1.54, 1.807) is 0 Å². The van der Waals surface area contributed by atoms with Crippen molar-refractivity contribution in [2.24, 2.45) is 5.41 Å². The molecule has 1 atom stereocenters. The van der Waals surface area contributed by atoms with Crippen LogP contribution in [0.15, 0.2) is 0 Å². The molecule has 0 saturated heterocycles. The molecular weight excluding hydrogens is 98.1 g/mol. The van der Waals surface area contributed by atoms with Gasteiger partial charge in [-0.05, 0) is 19.4 Å². The second-order valence-corrected chi connectivity index (χ2v) is 3.38. The molecule has 8 heavy (non-hydrogen) atoms. The quantitative estimate of drug-likeness (QED) is 0.553. The molecule has 1 nitrogen and oxygen atoms in total. The number of hydrogen-bond donors (Lipinski definition) is 1. The van der Waals surface area contributed by atoms with Crippen molar-refractivity contribution in [2.75, 3.05) is 7.05 Å². The van der Waals surface area contributed by atoms with Gasteiger partial charge in [-0.25, -0.2) is 0 Å². The van der Waals surface area contributed by atoms with E-state index in [-0.39, 0.29) is 1.43 Å². The molecule has 0 heterocycles. The highest BCUT2D eigenvalue weighted by atomic mass is 14.9. The first-order valence-electron chi connectivity index (χ1n) is 3.15. The van der Waals surface area contributed by atoms with Crippen molar-refractivity contribution in [2.45, 2.75) is 33.7 Å². The Bertz CT molecular complexity index is 65.8. The third-order valence-corrected chi connectivity index (χ3v) is 1.73. The largest absolute Gasteiger partial charge is 0.317 e. The minimum atomic E-state index is 0.